The molecule has 0 amide bonds. The first kappa shape index (κ1) is 16.0. The lowest BCUT2D eigenvalue weighted by Gasteiger charge is -2.16. The maximum atomic E-state index is 5.89. The van der Waals surface area contributed by atoms with Crippen molar-refractivity contribution in [2.75, 3.05) is 19.0 Å². The number of ether oxygens (including phenoxy) is 2. The fourth-order valence-corrected chi connectivity index (χ4v) is 2.59. The number of benzene rings is 2. The molecule has 1 N–H and O–H groups in total. The maximum Gasteiger partial charge on any atom is 0.166 e. The van der Waals surface area contributed by atoms with Crippen LogP contribution in [0.3, 0.4) is 0 Å². The summed E-state index contributed by atoms with van der Waals surface area (Å²) >= 11 is 9.38. The number of anilines is 1. The number of rotatable bonds is 6. The molecule has 0 spiro atoms. The van der Waals surface area contributed by atoms with E-state index in [2.05, 4.69) is 21.2 Å². The number of hydrogen-bond acceptors (Lipinski definition) is 3. The topological polar surface area (TPSA) is 30.5 Å². The van der Waals surface area contributed by atoms with Gasteiger partial charge in [0.2, 0.25) is 0 Å². The van der Waals surface area contributed by atoms with Crippen LogP contribution in [0.5, 0.6) is 11.5 Å². The van der Waals surface area contributed by atoms with E-state index >= 15 is 0 Å². The van der Waals surface area contributed by atoms with Crippen molar-refractivity contribution < 1.29 is 9.47 Å². The number of hydrogen-bond donors (Lipinski definition) is 1. The molecule has 0 aliphatic carbocycles. The van der Waals surface area contributed by atoms with Crippen molar-refractivity contribution in [3.63, 3.8) is 0 Å². The van der Waals surface area contributed by atoms with Crippen LogP contribution in [0, 0.1) is 0 Å². The fraction of sp³-hybridized carbons (Fsp3) is 0.250. The SMILES string of the molecule is CCOc1c(CNc2ccc(Cl)cc2)cc(Br)cc1OC. The Morgan fingerprint density at radius 1 is 1.19 bits per heavy atom. The molecule has 0 saturated carbocycles. The summed E-state index contributed by atoms with van der Waals surface area (Å²) in [5, 5.41) is 4.07. The van der Waals surface area contributed by atoms with Gasteiger partial charge in [0.15, 0.2) is 11.5 Å². The summed E-state index contributed by atoms with van der Waals surface area (Å²) < 4.78 is 12.1. The molecule has 21 heavy (non-hydrogen) atoms. The molecule has 0 atom stereocenters. The molecule has 0 fully saturated rings. The first-order valence-corrected chi connectivity index (χ1v) is 7.79. The minimum Gasteiger partial charge on any atom is -0.493 e. The van der Waals surface area contributed by atoms with Crippen molar-refractivity contribution in [3.05, 3.63) is 51.5 Å². The Labute approximate surface area is 138 Å². The third kappa shape index (κ3) is 4.29. The van der Waals surface area contributed by atoms with Gasteiger partial charge in [-0.2, -0.15) is 0 Å². The summed E-state index contributed by atoms with van der Waals surface area (Å²) in [5.74, 6) is 1.49. The van der Waals surface area contributed by atoms with E-state index in [1.807, 2.05) is 43.3 Å². The van der Waals surface area contributed by atoms with Crippen molar-refractivity contribution in [2.24, 2.45) is 0 Å². The van der Waals surface area contributed by atoms with Gasteiger partial charge in [-0.1, -0.05) is 27.5 Å². The second-order valence-corrected chi connectivity index (χ2v) is 5.74. The molecule has 0 bridgehead atoms. The Bertz CT molecular complexity index is 602. The van der Waals surface area contributed by atoms with Gasteiger partial charge in [0.25, 0.3) is 0 Å². The highest BCUT2D eigenvalue weighted by Crippen LogP contribution is 2.35. The third-order valence-corrected chi connectivity index (χ3v) is 3.64. The highest BCUT2D eigenvalue weighted by Gasteiger charge is 2.12. The molecule has 0 saturated heterocycles. The average molecular weight is 371 g/mol. The highest BCUT2D eigenvalue weighted by atomic mass is 79.9. The first-order valence-electron chi connectivity index (χ1n) is 6.62. The zero-order valence-electron chi connectivity index (χ0n) is 12.0. The third-order valence-electron chi connectivity index (χ3n) is 2.93. The average Bonchev–Trinajstić information content (AvgIpc) is 2.48. The van der Waals surface area contributed by atoms with Crippen LogP contribution in [0.25, 0.3) is 0 Å². The first-order chi connectivity index (χ1) is 10.1. The lowest BCUT2D eigenvalue weighted by molar-refractivity contribution is 0.308. The molecule has 0 aromatic heterocycles. The molecule has 2 aromatic carbocycles. The van der Waals surface area contributed by atoms with Crippen molar-refractivity contribution in [1.82, 2.24) is 0 Å². The highest BCUT2D eigenvalue weighted by molar-refractivity contribution is 9.10. The molecule has 0 heterocycles. The van der Waals surface area contributed by atoms with Gasteiger partial charge in [-0.25, -0.2) is 0 Å². The number of halogens is 2. The van der Waals surface area contributed by atoms with Gasteiger partial charge in [0.1, 0.15) is 0 Å². The standard InChI is InChI=1S/C16H17BrClNO2/c1-3-21-16-11(8-12(17)9-15(16)20-2)10-19-14-6-4-13(18)5-7-14/h4-9,19H,3,10H2,1-2H3. The molecule has 112 valence electrons. The molecule has 3 nitrogen and oxygen atoms in total. The van der Waals surface area contributed by atoms with Crippen molar-refractivity contribution in [2.45, 2.75) is 13.5 Å². The van der Waals surface area contributed by atoms with Crippen LogP contribution in [0.1, 0.15) is 12.5 Å². The van der Waals surface area contributed by atoms with E-state index in [1.54, 1.807) is 7.11 Å². The van der Waals surface area contributed by atoms with Crippen LogP contribution < -0.4 is 14.8 Å². The zero-order valence-corrected chi connectivity index (χ0v) is 14.3. The molecule has 0 aliphatic heterocycles. The Hall–Kier alpha value is -1.39. The van der Waals surface area contributed by atoms with Gasteiger partial charge < -0.3 is 14.8 Å². The van der Waals surface area contributed by atoms with Crippen LogP contribution in [0.4, 0.5) is 5.69 Å². The molecular formula is C16H17BrClNO2. The van der Waals surface area contributed by atoms with Crippen LogP contribution in [-0.4, -0.2) is 13.7 Å². The van der Waals surface area contributed by atoms with E-state index in [1.165, 1.54) is 0 Å². The lowest BCUT2D eigenvalue weighted by atomic mass is 10.1. The van der Waals surface area contributed by atoms with Gasteiger partial charge in [0.05, 0.1) is 13.7 Å². The molecule has 5 heteroatoms. The van der Waals surface area contributed by atoms with Gasteiger partial charge in [0, 0.05) is 27.3 Å². The van der Waals surface area contributed by atoms with Gasteiger partial charge in [-0.05, 0) is 43.3 Å². The van der Waals surface area contributed by atoms with E-state index in [0.29, 0.717) is 13.2 Å². The van der Waals surface area contributed by atoms with Crippen LogP contribution in [0.2, 0.25) is 5.02 Å². The second kappa shape index (κ2) is 7.57. The van der Waals surface area contributed by atoms with E-state index in [4.69, 9.17) is 21.1 Å². The normalized spacial score (nSPS) is 10.3. The van der Waals surface area contributed by atoms with Crippen molar-refractivity contribution in [3.8, 4) is 11.5 Å². The largest absolute Gasteiger partial charge is 0.493 e. The smallest absolute Gasteiger partial charge is 0.166 e. The Morgan fingerprint density at radius 3 is 2.52 bits per heavy atom. The maximum absolute atomic E-state index is 5.89. The summed E-state index contributed by atoms with van der Waals surface area (Å²) in [7, 11) is 1.64. The summed E-state index contributed by atoms with van der Waals surface area (Å²) in [6.45, 7) is 3.18. The fourth-order valence-electron chi connectivity index (χ4n) is 1.98. The monoisotopic (exact) mass is 369 g/mol. The van der Waals surface area contributed by atoms with Crippen molar-refractivity contribution >= 4 is 33.2 Å². The predicted octanol–water partition coefficient (Wildman–Crippen LogP) is 5.12. The summed E-state index contributed by atoms with van der Waals surface area (Å²) in [6.07, 6.45) is 0. The van der Waals surface area contributed by atoms with E-state index < -0.39 is 0 Å². The van der Waals surface area contributed by atoms with Crippen LogP contribution in [-0.2, 0) is 6.54 Å². The Balaban J connectivity index is 2.21. The van der Waals surface area contributed by atoms with E-state index in [0.717, 1.165) is 32.2 Å². The molecule has 0 unspecified atom stereocenters. The number of nitrogens with one attached hydrogen (secondary N) is 1. The lowest BCUT2D eigenvalue weighted by Crippen LogP contribution is -2.05. The molecule has 0 radical (unpaired) electrons. The summed E-state index contributed by atoms with van der Waals surface area (Å²) in [6, 6.07) is 11.5. The summed E-state index contributed by atoms with van der Waals surface area (Å²) in [4.78, 5) is 0. The molecular weight excluding hydrogens is 354 g/mol. The van der Waals surface area contributed by atoms with Crippen molar-refractivity contribution in [1.29, 1.82) is 0 Å². The second-order valence-electron chi connectivity index (χ2n) is 4.39. The quantitative estimate of drug-likeness (QED) is 0.765. The van der Waals surface area contributed by atoms with E-state index in [-0.39, 0.29) is 0 Å². The minimum absolute atomic E-state index is 0.589. The Morgan fingerprint density at radius 2 is 1.90 bits per heavy atom. The molecule has 2 rings (SSSR count). The molecule has 0 aliphatic rings. The zero-order chi connectivity index (χ0) is 15.2. The van der Waals surface area contributed by atoms with Gasteiger partial charge in [-0.3, -0.25) is 0 Å². The van der Waals surface area contributed by atoms with Crippen LogP contribution in [0.15, 0.2) is 40.9 Å². The summed E-state index contributed by atoms with van der Waals surface area (Å²) in [5.41, 5.74) is 2.03. The van der Waals surface area contributed by atoms with Crippen LogP contribution >= 0.6 is 27.5 Å². The number of methoxy groups -OCH3 is 1. The Kier molecular flexibility index (Phi) is 5.76. The van der Waals surface area contributed by atoms with Gasteiger partial charge in [-0.15, -0.1) is 0 Å². The van der Waals surface area contributed by atoms with Gasteiger partial charge >= 0.3 is 0 Å². The minimum atomic E-state index is 0.589. The van der Waals surface area contributed by atoms with E-state index in [9.17, 15) is 0 Å². The molecule has 2 aromatic rings. The predicted molar refractivity (Wildman–Crippen MR) is 90.6 cm³/mol.